The largest absolute Gasteiger partial charge is 0.378 e. The summed E-state index contributed by atoms with van der Waals surface area (Å²) >= 11 is 1.78. The van der Waals surface area contributed by atoms with Crippen LogP contribution in [0.5, 0.6) is 0 Å². The molecule has 0 amide bonds. The van der Waals surface area contributed by atoms with Gasteiger partial charge in [0, 0.05) is 25.7 Å². The minimum atomic E-state index is 0.325. The zero-order chi connectivity index (χ0) is 15.5. The Balaban J connectivity index is 1.76. The van der Waals surface area contributed by atoms with Gasteiger partial charge in [0.15, 0.2) is 0 Å². The fourth-order valence-electron chi connectivity index (χ4n) is 2.31. The molecule has 112 valence electrons. The summed E-state index contributed by atoms with van der Waals surface area (Å²) in [6, 6.07) is 16.9. The molecular formula is C19H20N2S. The van der Waals surface area contributed by atoms with Crippen LogP contribution in [0.2, 0.25) is 0 Å². The van der Waals surface area contributed by atoms with E-state index >= 15 is 0 Å². The molecule has 0 radical (unpaired) electrons. The van der Waals surface area contributed by atoms with Crippen molar-refractivity contribution >= 4 is 33.3 Å². The monoisotopic (exact) mass is 308 g/mol. The van der Waals surface area contributed by atoms with Crippen LogP contribution >= 0.6 is 11.3 Å². The summed E-state index contributed by atoms with van der Waals surface area (Å²) in [5.41, 5.74) is 3.54. The predicted octanol–water partition coefficient (Wildman–Crippen LogP) is 5.18. The Bertz CT molecular complexity index is 752. The maximum atomic E-state index is 4.72. The van der Waals surface area contributed by atoms with E-state index in [1.807, 2.05) is 6.07 Å². The lowest BCUT2D eigenvalue weighted by molar-refractivity contribution is 0.957. The molecular weight excluding hydrogens is 288 g/mol. The standard InChI is InChI=1S/C19H20N2S/c1-14(19-20-17-6-4-5-7-18(17)22-19)8-9-15-10-12-16(13-11-15)21(2)3/h4-14H,1-3H3. The SMILES string of the molecule is CC(C=Cc1ccc(N(C)C)cc1)c1nc2ccccc2s1. The zero-order valence-electron chi connectivity index (χ0n) is 13.2. The first-order valence-corrected chi connectivity index (χ1v) is 8.26. The van der Waals surface area contributed by atoms with Crippen LogP contribution in [0, 0.1) is 0 Å². The molecule has 1 heterocycles. The van der Waals surface area contributed by atoms with Gasteiger partial charge in [-0.15, -0.1) is 11.3 Å². The van der Waals surface area contributed by atoms with E-state index in [1.165, 1.54) is 21.0 Å². The Morgan fingerprint density at radius 1 is 1.05 bits per heavy atom. The smallest absolute Gasteiger partial charge is 0.100 e. The van der Waals surface area contributed by atoms with Crippen molar-refractivity contribution in [2.24, 2.45) is 0 Å². The van der Waals surface area contributed by atoms with Gasteiger partial charge in [0.1, 0.15) is 5.01 Å². The van der Waals surface area contributed by atoms with Crippen LogP contribution in [0.25, 0.3) is 16.3 Å². The molecule has 0 spiro atoms. The molecule has 3 heteroatoms. The molecule has 0 saturated heterocycles. The number of benzene rings is 2. The summed E-state index contributed by atoms with van der Waals surface area (Å²) in [5.74, 6) is 0.325. The third-order valence-electron chi connectivity index (χ3n) is 3.69. The Kier molecular flexibility index (Phi) is 4.25. The maximum absolute atomic E-state index is 4.72. The van der Waals surface area contributed by atoms with Gasteiger partial charge in [-0.2, -0.15) is 0 Å². The van der Waals surface area contributed by atoms with Crippen molar-refractivity contribution in [2.75, 3.05) is 19.0 Å². The number of rotatable bonds is 4. The van der Waals surface area contributed by atoms with E-state index in [2.05, 4.69) is 80.5 Å². The Hall–Kier alpha value is -2.13. The van der Waals surface area contributed by atoms with Gasteiger partial charge >= 0.3 is 0 Å². The number of thiazole rings is 1. The minimum absolute atomic E-state index is 0.325. The number of anilines is 1. The molecule has 1 unspecified atom stereocenters. The fourth-order valence-corrected chi connectivity index (χ4v) is 3.30. The minimum Gasteiger partial charge on any atom is -0.378 e. The Morgan fingerprint density at radius 3 is 2.45 bits per heavy atom. The molecule has 0 saturated carbocycles. The number of hydrogen-bond donors (Lipinski definition) is 0. The summed E-state index contributed by atoms with van der Waals surface area (Å²) in [5, 5.41) is 1.17. The van der Waals surface area contributed by atoms with Crippen LogP contribution in [-0.4, -0.2) is 19.1 Å². The lowest BCUT2D eigenvalue weighted by Gasteiger charge is -2.11. The van der Waals surface area contributed by atoms with Gasteiger partial charge in [-0.05, 0) is 29.8 Å². The summed E-state index contributed by atoms with van der Waals surface area (Å²) in [7, 11) is 4.11. The van der Waals surface area contributed by atoms with E-state index < -0.39 is 0 Å². The second-order valence-electron chi connectivity index (χ2n) is 5.65. The molecule has 2 nitrogen and oxygen atoms in total. The average Bonchev–Trinajstić information content (AvgIpc) is 2.97. The van der Waals surface area contributed by atoms with Gasteiger partial charge in [0.05, 0.1) is 10.2 Å². The topological polar surface area (TPSA) is 16.1 Å². The molecule has 0 fully saturated rings. The number of allylic oxidation sites excluding steroid dienone is 1. The molecule has 3 rings (SSSR count). The zero-order valence-corrected chi connectivity index (χ0v) is 14.0. The molecule has 0 aliphatic heterocycles. The maximum Gasteiger partial charge on any atom is 0.100 e. The Morgan fingerprint density at radius 2 is 1.77 bits per heavy atom. The van der Waals surface area contributed by atoms with E-state index in [1.54, 1.807) is 11.3 Å². The van der Waals surface area contributed by atoms with Crippen LogP contribution in [0.15, 0.2) is 54.6 Å². The number of fused-ring (bicyclic) bond motifs is 1. The summed E-state index contributed by atoms with van der Waals surface area (Å²) in [4.78, 5) is 6.83. The molecule has 3 aromatic rings. The van der Waals surface area contributed by atoms with Crippen molar-refractivity contribution < 1.29 is 0 Å². The van der Waals surface area contributed by atoms with Crippen molar-refractivity contribution in [1.82, 2.24) is 4.98 Å². The number of aromatic nitrogens is 1. The summed E-state index contributed by atoms with van der Waals surface area (Å²) in [6.45, 7) is 2.20. The highest BCUT2D eigenvalue weighted by Crippen LogP contribution is 2.28. The van der Waals surface area contributed by atoms with Crippen molar-refractivity contribution in [3.8, 4) is 0 Å². The molecule has 0 bridgehead atoms. The van der Waals surface area contributed by atoms with E-state index in [4.69, 9.17) is 4.98 Å². The van der Waals surface area contributed by atoms with Crippen LogP contribution in [0.3, 0.4) is 0 Å². The molecule has 1 aromatic heterocycles. The van der Waals surface area contributed by atoms with E-state index in [9.17, 15) is 0 Å². The second kappa shape index (κ2) is 6.32. The first-order valence-electron chi connectivity index (χ1n) is 7.44. The second-order valence-corrected chi connectivity index (χ2v) is 6.72. The van der Waals surface area contributed by atoms with E-state index in [-0.39, 0.29) is 0 Å². The van der Waals surface area contributed by atoms with E-state index in [0.29, 0.717) is 5.92 Å². The van der Waals surface area contributed by atoms with Crippen molar-refractivity contribution in [1.29, 1.82) is 0 Å². The molecule has 0 N–H and O–H groups in total. The van der Waals surface area contributed by atoms with Crippen LogP contribution in [-0.2, 0) is 0 Å². The average molecular weight is 308 g/mol. The first kappa shape index (κ1) is 14.8. The summed E-state index contributed by atoms with van der Waals surface area (Å²) in [6.07, 6.45) is 4.40. The van der Waals surface area contributed by atoms with Gasteiger partial charge in [-0.25, -0.2) is 4.98 Å². The highest BCUT2D eigenvalue weighted by atomic mass is 32.1. The van der Waals surface area contributed by atoms with Crippen LogP contribution < -0.4 is 4.90 Å². The fraction of sp³-hybridized carbons (Fsp3) is 0.211. The predicted molar refractivity (Wildman–Crippen MR) is 97.8 cm³/mol. The quantitative estimate of drug-likeness (QED) is 0.660. The summed E-state index contributed by atoms with van der Waals surface area (Å²) < 4.78 is 1.26. The highest BCUT2D eigenvalue weighted by Gasteiger charge is 2.08. The number of hydrogen-bond acceptors (Lipinski definition) is 3. The third kappa shape index (κ3) is 3.20. The van der Waals surface area contributed by atoms with Crippen molar-refractivity contribution in [2.45, 2.75) is 12.8 Å². The van der Waals surface area contributed by atoms with Gasteiger partial charge in [-0.3, -0.25) is 0 Å². The van der Waals surface area contributed by atoms with Gasteiger partial charge in [-0.1, -0.05) is 43.3 Å². The van der Waals surface area contributed by atoms with Gasteiger partial charge < -0.3 is 4.90 Å². The van der Waals surface area contributed by atoms with Crippen LogP contribution in [0.1, 0.15) is 23.4 Å². The van der Waals surface area contributed by atoms with Gasteiger partial charge in [0.2, 0.25) is 0 Å². The van der Waals surface area contributed by atoms with E-state index in [0.717, 1.165) is 5.52 Å². The van der Waals surface area contributed by atoms with Crippen LogP contribution in [0.4, 0.5) is 5.69 Å². The first-order chi connectivity index (χ1) is 10.6. The lowest BCUT2D eigenvalue weighted by Crippen LogP contribution is -2.07. The molecule has 22 heavy (non-hydrogen) atoms. The molecule has 0 aliphatic carbocycles. The van der Waals surface area contributed by atoms with Crippen molar-refractivity contribution in [3.05, 3.63) is 65.2 Å². The highest BCUT2D eigenvalue weighted by molar-refractivity contribution is 7.18. The lowest BCUT2D eigenvalue weighted by atomic mass is 10.1. The van der Waals surface area contributed by atoms with Gasteiger partial charge in [0.25, 0.3) is 0 Å². The molecule has 0 aliphatic rings. The Labute approximate surface area is 135 Å². The van der Waals surface area contributed by atoms with Crippen molar-refractivity contribution in [3.63, 3.8) is 0 Å². The third-order valence-corrected chi connectivity index (χ3v) is 4.92. The number of nitrogens with zero attached hydrogens (tertiary/aromatic N) is 2. The number of para-hydroxylation sites is 1. The molecule has 1 atom stereocenters. The molecule has 2 aromatic carbocycles. The normalized spacial score (nSPS) is 12.9.